The van der Waals surface area contributed by atoms with E-state index in [0.717, 1.165) is 16.2 Å². The first-order chi connectivity index (χ1) is 8.93. The number of sulfonamides is 1. The maximum absolute atomic E-state index is 12.4. The summed E-state index contributed by atoms with van der Waals surface area (Å²) in [7, 11) is -3.49. The first-order valence-electron chi connectivity index (χ1n) is 5.43. The van der Waals surface area contributed by atoms with E-state index >= 15 is 0 Å². The van der Waals surface area contributed by atoms with E-state index in [-0.39, 0.29) is 4.21 Å². The summed E-state index contributed by atoms with van der Waals surface area (Å²) in [6.45, 7) is 2.53. The number of rotatable bonds is 5. The molecular formula is C11H11Cl2NO2S3. The zero-order valence-corrected chi connectivity index (χ0v) is 13.9. The van der Waals surface area contributed by atoms with Gasteiger partial charge in [0.05, 0.1) is 8.67 Å². The van der Waals surface area contributed by atoms with E-state index in [1.54, 1.807) is 12.1 Å². The summed E-state index contributed by atoms with van der Waals surface area (Å²) in [4.78, 5) is 0.915. The Hall–Kier alpha value is -0.110. The second kappa shape index (κ2) is 6.11. The summed E-state index contributed by atoms with van der Waals surface area (Å²) in [5.74, 6) is 0. The van der Waals surface area contributed by atoms with E-state index < -0.39 is 10.0 Å². The summed E-state index contributed by atoms with van der Waals surface area (Å²) >= 11 is 14.1. The molecule has 0 aromatic carbocycles. The van der Waals surface area contributed by atoms with Crippen LogP contribution in [0.2, 0.25) is 8.67 Å². The van der Waals surface area contributed by atoms with Crippen molar-refractivity contribution in [2.75, 3.05) is 6.54 Å². The number of nitrogens with zero attached hydrogens (tertiary/aromatic N) is 1. The Labute approximate surface area is 130 Å². The summed E-state index contributed by atoms with van der Waals surface area (Å²) < 4.78 is 27.7. The molecule has 0 saturated heterocycles. The van der Waals surface area contributed by atoms with E-state index in [0.29, 0.717) is 21.8 Å². The Balaban J connectivity index is 2.26. The highest BCUT2D eigenvalue weighted by Gasteiger charge is 2.25. The molecule has 0 bridgehead atoms. The van der Waals surface area contributed by atoms with Gasteiger partial charge in [0, 0.05) is 18.0 Å². The Bertz CT molecular complexity index is 663. The molecule has 2 rings (SSSR count). The molecule has 2 aromatic rings. The van der Waals surface area contributed by atoms with Gasteiger partial charge in [-0.3, -0.25) is 0 Å². The SMILES string of the molecule is CCN(Cc1ccc(Cl)s1)S(=O)(=O)c1ccc(Cl)s1. The van der Waals surface area contributed by atoms with Crippen LogP contribution >= 0.6 is 45.9 Å². The van der Waals surface area contributed by atoms with Crippen LogP contribution in [0.1, 0.15) is 11.8 Å². The molecule has 0 aliphatic rings. The van der Waals surface area contributed by atoms with Gasteiger partial charge in [-0.1, -0.05) is 30.1 Å². The molecule has 0 aliphatic heterocycles. The average molecular weight is 356 g/mol. The summed E-state index contributed by atoms with van der Waals surface area (Å²) in [5.41, 5.74) is 0. The van der Waals surface area contributed by atoms with Crippen LogP contribution in [-0.4, -0.2) is 19.3 Å². The summed E-state index contributed by atoms with van der Waals surface area (Å²) in [6, 6.07) is 6.73. The molecule has 104 valence electrons. The molecule has 0 fully saturated rings. The quantitative estimate of drug-likeness (QED) is 0.800. The van der Waals surface area contributed by atoms with E-state index in [9.17, 15) is 8.42 Å². The standard InChI is InChI=1S/C11H11Cl2NO2S3/c1-2-14(7-8-3-4-9(12)17-8)19(15,16)11-6-5-10(13)18-11/h3-6H,2,7H2,1H3. The molecule has 3 nitrogen and oxygen atoms in total. The highest BCUT2D eigenvalue weighted by Crippen LogP contribution is 2.30. The van der Waals surface area contributed by atoms with E-state index in [2.05, 4.69) is 0 Å². The number of hydrogen-bond donors (Lipinski definition) is 0. The molecule has 0 amide bonds. The van der Waals surface area contributed by atoms with Gasteiger partial charge >= 0.3 is 0 Å². The molecule has 0 unspecified atom stereocenters. The second-order valence-electron chi connectivity index (χ2n) is 3.70. The third kappa shape index (κ3) is 3.51. The number of hydrogen-bond acceptors (Lipinski definition) is 4. The Morgan fingerprint density at radius 2 is 1.74 bits per heavy atom. The van der Waals surface area contributed by atoms with Gasteiger partial charge in [0.2, 0.25) is 0 Å². The van der Waals surface area contributed by atoms with Gasteiger partial charge in [-0.15, -0.1) is 22.7 Å². The van der Waals surface area contributed by atoms with E-state index in [4.69, 9.17) is 23.2 Å². The Morgan fingerprint density at radius 1 is 1.11 bits per heavy atom. The minimum Gasteiger partial charge on any atom is -0.206 e. The van der Waals surface area contributed by atoms with Gasteiger partial charge in [-0.2, -0.15) is 4.31 Å². The van der Waals surface area contributed by atoms with Crippen LogP contribution < -0.4 is 0 Å². The summed E-state index contributed by atoms with van der Waals surface area (Å²) in [5, 5.41) is 0. The molecule has 0 atom stereocenters. The molecule has 0 aliphatic carbocycles. The van der Waals surface area contributed by atoms with Crippen LogP contribution in [0.5, 0.6) is 0 Å². The van der Waals surface area contributed by atoms with Crippen molar-refractivity contribution in [2.24, 2.45) is 0 Å². The van der Waals surface area contributed by atoms with Crippen molar-refractivity contribution in [1.29, 1.82) is 0 Å². The van der Waals surface area contributed by atoms with Gasteiger partial charge in [-0.05, 0) is 24.3 Å². The minimum atomic E-state index is -3.49. The molecule has 0 N–H and O–H groups in total. The van der Waals surface area contributed by atoms with Crippen LogP contribution in [0.25, 0.3) is 0 Å². The van der Waals surface area contributed by atoms with Crippen molar-refractivity contribution < 1.29 is 8.42 Å². The number of halogens is 2. The maximum atomic E-state index is 12.4. The largest absolute Gasteiger partial charge is 0.252 e. The molecule has 0 spiro atoms. The van der Waals surface area contributed by atoms with Crippen LogP contribution in [0.3, 0.4) is 0 Å². The minimum absolute atomic E-state index is 0.266. The predicted octanol–water partition coefficient (Wildman–Crippen LogP) is 4.33. The lowest BCUT2D eigenvalue weighted by Gasteiger charge is -2.18. The van der Waals surface area contributed by atoms with Crippen molar-refractivity contribution in [3.63, 3.8) is 0 Å². The fraction of sp³-hybridized carbons (Fsp3) is 0.273. The fourth-order valence-electron chi connectivity index (χ4n) is 1.54. The molecule has 0 radical (unpaired) electrons. The normalized spacial score (nSPS) is 12.2. The smallest absolute Gasteiger partial charge is 0.206 e. The van der Waals surface area contributed by atoms with E-state index in [1.165, 1.54) is 21.7 Å². The van der Waals surface area contributed by atoms with Gasteiger partial charge in [0.25, 0.3) is 10.0 Å². The molecule has 0 saturated carbocycles. The summed E-state index contributed by atoms with van der Waals surface area (Å²) in [6.07, 6.45) is 0. The lowest BCUT2D eigenvalue weighted by Crippen LogP contribution is -2.29. The van der Waals surface area contributed by atoms with E-state index in [1.807, 2.05) is 13.0 Å². The third-order valence-corrected chi connectivity index (χ3v) is 7.29. The third-order valence-electron chi connectivity index (χ3n) is 2.46. The van der Waals surface area contributed by atoms with Crippen molar-refractivity contribution in [1.82, 2.24) is 4.31 Å². The van der Waals surface area contributed by atoms with Crippen molar-refractivity contribution in [3.8, 4) is 0 Å². The predicted molar refractivity (Wildman–Crippen MR) is 81.9 cm³/mol. The van der Waals surface area contributed by atoms with Gasteiger partial charge in [0.15, 0.2) is 0 Å². The highest BCUT2D eigenvalue weighted by atomic mass is 35.5. The zero-order valence-electron chi connectivity index (χ0n) is 9.97. The van der Waals surface area contributed by atoms with Crippen molar-refractivity contribution >= 4 is 55.9 Å². The first kappa shape index (κ1) is 15.3. The Morgan fingerprint density at radius 3 is 2.21 bits per heavy atom. The lowest BCUT2D eigenvalue weighted by molar-refractivity contribution is 0.428. The zero-order chi connectivity index (χ0) is 14.0. The second-order valence-corrected chi connectivity index (χ2v) is 9.38. The molecule has 19 heavy (non-hydrogen) atoms. The first-order valence-corrected chi connectivity index (χ1v) is 9.26. The van der Waals surface area contributed by atoms with Crippen molar-refractivity contribution in [2.45, 2.75) is 17.7 Å². The van der Waals surface area contributed by atoms with Crippen LogP contribution in [0.4, 0.5) is 0 Å². The molecule has 2 aromatic heterocycles. The van der Waals surface area contributed by atoms with Crippen LogP contribution in [-0.2, 0) is 16.6 Å². The van der Waals surface area contributed by atoms with Gasteiger partial charge in [0.1, 0.15) is 4.21 Å². The van der Waals surface area contributed by atoms with Crippen LogP contribution in [0, 0.1) is 0 Å². The molecular weight excluding hydrogens is 345 g/mol. The Kier molecular flexibility index (Phi) is 4.92. The van der Waals surface area contributed by atoms with Gasteiger partial charge in [-0.25, -0.2) is 8.42 Å². The maximum Gasteiger partial charge on any atom is 0.252 e. The number of thiophene rings is 2. The lowest BCUT2D eigenvalue weighted by atomic mass is 10.4. The average Bonchev–Trinajstić information content (AvgIpc) is 2.95. The molecule has 8 heteroatoms. The monoisotopic (exact) mass is 355 g/mol. The van der Waals surface area contributed by atoms with Gasteiger partial charge < -0.3 is 0 Å². The van der Waals surface area contributed by atoms with Crippen LogP contribution in [0.15, 0.2) is 28.5 Å². The highest BCUT2D eigenvalue weighted by molar-refractivity contribution is 7.91. The van der Waals surface area contributed by atoms with Crippen molar-refractivity contribution in [3.05, 3.63) is 37.8 Å². The fourth-order valence-corrected chi connectivity index (χ4v) is 5.79. The topological polar surface area (TPSA) is 37.4 Å². The molecule has 2 heterocycles.